The third-order valence-corrected chi connectivity index (χ3v) is 2.75. The van der Waals surface area contributed by atoms with Gasteiger partial charge in [0.05, 0.1) is 6.61 Å². The number of anilines is 1. The van der Waals surface area contributed by atoms with E-state index in [-0.39, 0.29) is 5.91 Å². The Labute approximate surface area is 121 Å². The predicted molar refractivity (Wildman–Crippen MR) is 81.2 cm³/mol. The van der Waals surface area contributed by atoms with E-state index < -0.39 is 0 Å². The van der Waals surface area contributed by atoms with E-state index in [1.165, 1.54) is 0 Å². The zero-order valence-electron chi connectivity index (χ0n) is 12.7. The monoisotopic (exact) mass is 279 g/mol. The van der Waals surface area contributed by atoms with E-state index in [0.29, 0.717) is 18.7 Å². The molecule has 0 aromatic carbocycles. The number of rotatable bonds is 9. The minimum Gasteiger partial charge on any atom is -0.380 e. The number of aromatic nitrogens is 1. The summed E-state index contributed by atoms with van der Waals surface area (Å²) in [7, 11) is 0. The van der Waals surface area contributed by atoms with Gasteiger partial charge in [-0.25, -0.2) is 4.98 Å². The molecule has 0 spiro atoms. The Morgan fingerprint density at radius 1 is 1.30 bits per heavy atom. The second-order valence-corrected chi connectivity index (χ2v) is 4.63. The molecule has 1 rings (SSSR count). The number of hydrogen-bond donors (Lipinski definition) is 2. The van der Waals surface area contributed by atoms with Crippen molar-refractivity contribution < 1.29 is 9.53 Å². The highest BCUT2D eigenvalue weighted by molar-refractivity contribution is 5.94. The Kier molecular flexibility index (Phi) is 7.65. The smallest absolute Gasteiger partial charge is 0.251 e. The molecule has 0 aliphatic heterocycles. The molecular formula is C15H25N3O2. The molecule has 2 N–H and O–H groups in total. The van der Waals surface area contributed by atoms with Crippen LogP contribution >= 0.6 is 0 Å². The van der Waals surface area contributed by atoms with Gasteiger partial charge in [-0.15, -0.1) is 0 Å². The number of nitrogens with zero attached hydrogens (tertiary/aromatic N) is 1. The van der Waals surface area contributed by atoms with Crippen LogP contribution in [-0.2, 0) is 4.74 Å². The molecule has 0 atom stereocenters. The van der Waals surface area contributed by atoms with Gasteiger partial charge in [0.15, 0.2) is 0 Å². The van der Waals surface area contributed by atoms with Crippen molar-refractivity contribution in [1.29, 1.82) is 0 Å². The summed E-state index contributed by atoms with van der Waals surface area (Å²) in [4.78, 5) is 16.3. The lowest BCUT2D eigenvalue weighted by molar-refractivity contribution is 0.0912. The molecule has 20 heavy (non-hydrogen) atoms. The van der Waals surface area contributed by atoms with Crippen molar-refractivity contribution in [2.75, 3.05) is 31.6 Å². The largest absolute Gasteiger partial charge is 0.380 e. The van der Waals surface area contributed by atoms with Gasteiger partial charge in [0.1, 0.15) is 5.82 Å². The normalized spacial score (nSPS) is 10.3. The zero-order valence-corrected chi connectivity index (χ0v) is 12.7. The maximum absolute atomic E-state index is 12.0. The van der Waals surface area contributed by atoms with Crippen molar-refractivity contribution >= 4 is 11.7 Å². The fraction of sp³-hybridized carbons (Fsp3) is 0.600. The summed E-state index contributed by atoms with van der Waals surface area (Å²) in [6.07, 6.45) is 2.18. The molecule has 1 aromatic heterocycles. The van der Waals surface area contributed by atoms with Crippen molar-refractivity contribution in [3.63, 3.8) is 0 Å². The first-order valence-electron chi connectivity index (χ1n) is 7.25. The Balaban J connectivity index is 2.42. The van der Waals surface area contributed by atoms with Crippen molar-refractivity contribution in [3.8, 4) is 0 Å². The van der Waals surface area contributed by atoms with E-state index in [2.05, 4.69) is 22.5 Å². The van der Waals surface area contributed by atoms with Crippen LogP contribution in [0.25, 0.3) is 0 Å². The van der Waals surface area contributed by atoms with Gasteiger partial charge in [-0.1, -0.05) is 13.3 Å². The van der Waals surface area contributed by atoms with E-state index in [4.69, 9.17) is 4.74 Å². The summed E-state index contributed by atoms with van der Waals surface area (Å²) >= 11 is 0. The number of hydrogen-bond acceptors (Lipinski definition) is 4. The fourth-order valence-electron chi connectivity index (χ4n) is 1.76. The number of amides is 1. The lowest BCUT2D eigenvalue weighted by atomic mass is 10.2. The van der Waals surface area contributed by atoms with Gasteiger partial charge in [-0.2, -0.15) is 0 Å². The summed E-state index contributed by atoms with van der Waals surface area (Å²) in [5, 5.41) is 5.97. The number of ether oxygens (including phenoxy) is 1. The van der Waals surface area contributed by atoms with Crippen LogP contribution in [0, 0.1) is 6.92 Å². The predicted octanol–water partition coefficient (Wildman–Crippen LogP) is 2.37. The van der Waals surface area contributed by atoms with Crippen LogP contribution in [0.15, 0.2) is 12.1 Å². The number of carbonyl (C=O) groups excluding carboxylic acids is 1. The van der Waals surface area contributed by atoms with E-state index in [9.17, 15) is 4.79 Å². The van der Waals surface area contributed by atoms with Gasteiger partial charge in [-0.05, 0) is 32.4 Å². The molecule has 5 nitrogen and oxygen atoms in total. The SMILES string of the molecule is CCCCOCCNC(=O)c1cc(C)nc(NCC)c1. The van der Waals surface area contributed by atoms with Gasteiger partial charge in [0, 0.05) is 31.0 Å². The molecule has 1 amide bonds. The summed E-state index contributed by atoms with van der Waals surface area (Å²) in [5.74, 6) is 0.644. The molecule has 1 heterocycles. The summed E-state index contributed by atoms with van der Waals surface area (Å²) in [6, 6.07) is 3.55. The highest BCUT2D eigenvalue weighted by atomic mass is 16.5. The van der Waals surface area contributed by atoms with E-state index >= 15 is 0 Å². The first-order valence-corrected chi connectivity index (χ1v) is 7.25. The quantitative estimate of drug-likeness (QED) is 0.681. The summed E-state index contributed by atoms with van der Waals surface area (Å²) in [5.41, 5.74) is 1.45. The fourth-order valence-corrected chi connectivity index (χ4v) is 1.76. The molecular weight excluding hydrogens is 254 g/mol. The van der Waals surface area contributed by atoms with Crippen LogP contribution in [0.2, 0.25) is 0 Å². The topological polar surface area (TPSA) is 63.2 Å². The molecule has 0 fully saturated rings. The molecule has 0 aliphatic rings. The van der Waals surface area contributed by atoms with Crippen molar-refractivity contribution in [2.24, 2.45) is 0 Å². The van der Waals surface area contributed by atoms with E-state index in [1.54, 1.807) is 12.1 Å². The van der Waals surface area contributed by atoms with Gasteiger partial charge < -0.3 is 15.4 Å². The third-order valence-electron chi connectivity index (χ3n) is 2.75. The number of carbonyl (C=O) groups is 1. The molecule has 0 aliphatic carbocycles. The van der Waals surface area contributed by atoms with Crippen LogP contribution in [-0.4, -0.2) is 37.2 Å². The third kappa shape index (κ3) is 6.02. The molecule has 0 bridgehead atoms. The lowest BCUT2D eigenvalue weighted by Gasteiger charge is -2.09. The average Bonchev–Trinajstić information content (AvgIpc) is 2.42. The van der Waals surface area contributed by atoms with Crippen LogP contribution in [0.4, 0.5) is 5.82 Å². The summed E-state index contributed by atoms with van der Waals surface area (Å²) in [6.45, 7) is 8.62. The standard InChI is InChI=1S/C15H25N3O2/c1-4-6-8-20-9-7-17-15(19)13-10-12(3)18-14(11-13)16-5-2/h10-11H,4-9H2,1-3H3,(H,16,18)(H,17,19). The molecule has 5 heteroatoms. The first-order chi connectivity index (χ1) is 9.67. The number of unbranched alkanes of at least 4 members (excludes halogenated alkanes) is 1. The minimum atomic E-state index is -0.0891. The molecule has 0 radical (unpaired) electrons. The molecule has 0 saturated carbocycles. The highest BCUT2D eigenvalue weighted by Crippen LogP contribution is 2.09. The maximum atomic E-state index is 12.0. The molecule has 1 aromatic rings. The highest BCUT2D eigenvalue weighted by Gasteiger charge is 2.07. The Morgan fingerprint density at radius 2 is 2.10 bits per heavy atom. The lowest BCUT2D eigenvalue weighted by Crippen LogP contribution is -2.27. The second-order valence-electron chi connectivity index (χ2n) is 4.63. The van der Waals surface area contributed by atoms with Gasteiger partial charge in [0.2, 0.25) is 0 Å². The number of nitrogens with one attached hydrogen (secondary N) is 2. The molecule has 0 saturated heterocycles. The molecule has 112 valence electrons. The number of aryl methyl sites for hydroxylation is 1. The second kappa shape index (κ2) is 9.31. The Morgan fingerprint density at radius 3 is 2.80 bits per heavy atom. The van der Waals surface area contributed by atoms with Crippen molar-refractivity contribution in [2.45, 2.75) is 33.6 Å². The number of pyridine rings is 1. The van der Waals surface area contributed by atoms with Crippen LogP contribution in [0.1, 0.15) is 42.7 Å². The van der Waals surface area contributed by atoms with Gasteiger partial charge >= 0.3 is 0 Å². The van der Waals surface area contributed by atoms with Crippen LogP contribution in [0.5, 0.6) is 0 Å². The van der Waals surface area contributed by atoms with Gasteiger partial charge in [0.25, 0.3) is 5.91 Å². The van der Waals surface area contributed by atoms with E-state index in [1.807, 2.05) is 13.8 Å². The summed E-state index contributed by atoms with van der Waals surface area (Å²) < 4.78 is 5.41. The van der Waals surface area contributed by atoms with Crippen LogP contribution in [0.3, 0.4) is 0 Å². The van der Waals surface area contributed by atoms with Gasteiger partial charge in [-0.3, -0.25) is 4.79 Å². The maximum Gasteiger partial charge on any atom is 0.251 e. The zero-order chi connectivity index (χ0) is 14.8. The Bertz CT molecular complexity index is 422. The Hall–Kier alpha value is -1.62. The average molecular weight is 279 g/mol. The molecule has 0 unspecified atom stereocenters. The van der Waals surface area contributed by atoms with Crippen molar-refractivity contribution in [3.05, 3.63) is 23.4 Å². The van der Waals surface area contributed by atoms with Crippen molar-refractivity contribution in [1.82, 2.24) is 10.3 Å². The van der Waals surface area contributed by atoms with E-state index in [0.717, 1.165) is 37.5 Å². The minimum absolute atomic E-state index is 0.0891. The van der Waals surface area contributed by atoms with Crippen LogP contribution < -0.4 is 10.6 Å². The first kappa shape index (κ1) is 16.4.